The number of hydrogen-bond donors (Lipinski definition) is 1. The Bertz CT molecular complexity index is 956. The summed E-state index contributed by atoms with van der Waals surface area (Å²) >= 11 is 0. The van der Waals surface area contributed by atoms with Crippen LogP contribution in [0.25, 0.3) is 22.4 Å². The van der Waals surface area contributed by atoms with Gasteiger partial charge in [0.25, 0.3) is 0 Å². The number of nitrogens with one attached hydrogen (secondary N) is 1. The molecule has 0 atom stereocenters. The number of nitrogens with zero attached hydrogens (tertiary/aromatic N) is 3. The summed E-state index contributed by atoms with van der Waals surface area (Å²) in [5.74, 6) is -0.0572. The fraction of sp³-hybridized carbons (Fsp3) is 0.304. The van der Waals surface area contributed by atoms with E-state index < -0.39 is 0 Å². The first-order valence-electron chi connectivity index (χ1n) is 9.87. The summed E-state index contributed by atoms with van der Waals surface area (Å²) in [4.78, 5) is 14.1. The lowest BCUT2D eigenvalue weighted by Crippen LogP contribution is -2.23. The first-order chi connectivity index (χ1) is 13.7. The third-order valence-corrected chi connectivity index (χ3v) is 5.25. The van der Waals surface area contributed by atoms with Crippen molar-refractivity contribution in [1.29, 1.82) is 0 Å². The van der Waals surface area contributed by atoms with Gasteiger partial charge in [-0.3, -0.25) is 14.4 Å². The molecule has 2 heterocycles. The van der Waals surface area contributed by atoms with E-state index in [1.54, 1.807) is 11.7 Å². The van der Waals surface area contributed by atoms with Gasteiger partial charge in [-0.25, -0.2) is 0 Å². The Morgan fingerprint density at radius 2 is 1.71 bits per heavy atom. The summed E-state index contributed by atoms with van der Waals surface area (Å²) in [7, 11) is 1.63. The van der Waals surface area contributed by atoms with Crippen LogP contribution in [0.15, 0.2) is 60.8 Å². The number of likely N-dealkylation sites (tertiary alicyclic amines) is 1. The molecule has 1 fully saturated rings. The molecule has 0 aliphatic carbocycles. The van der Waals surface area contributed by atoms with Gasteiger partial charge in [0.15, 0.2) is 0 Å². The van der Waals surface area contributed by atoms with Gasteiger partial charge in [-0.1, -0.05) is 36.4 Å². The van der Waals surface area contributed by atoms with E-state index in [-0.39, 0.29) is 12.5 Å². The molecule has 4 rings (SSSR count). The number of carbonyl (C=O) groups excluding carboxylic acids is 1. The summed E-state index contributed by atoms with van der Waals surface area (Å²) < 4.78 is 1.66. The molecule has 1 aliphatic heterocycles. The molecule has 3 aromatic rings. The maximum atomic E-state index is 11.5. The molecule has 5 nitrogen and oxygen atoms in total. The SMILES string of the molecule is CNC(=O)Cn1ccc(-c2cccc(-c3cccc(CN4CCCC4)c3)c2)n1. The second-order valence-corrected chi connectivity index (χ2v) is 7.34. The fourth-order valence-corrected chi connectivity index (χ4v) is 3.74. The summed E-state index contributed by atoms with van der Waals surface area (Å²) in [6, 6.07) is 19.2. The highest BCUT2D eigenvalue weighted by Crippen LogP contribution is 2.26. The topological polar surface area (TPSA) is 50.2 Å². The van der Waals surface area contributed by atoms with E-state index in [2.05, 4.69) is 63.8 Å². The van der Waals surface area contributed by atoms with Crippen LogP contribution in [0, 0.1) is 0 Å². The number of rotatable bonds is 6. The van der Waals surface area contributed by atoms with Crippen LogP contribution in [-0.4, -0.2) is 40.7 Å². The van der Waals surface area contributed by atoms with Crippen LogP contribution >= 0.6 is 0 Å². The zero-order valence-electron chi connectivity index (χ0n) is 16.3. The highest BCUT2D eigenvalue weighted by atomic mass is 16.1. The Labute approximate surface area is 166 Å². The average molecular weight is 374 g/mol. The smallest absolute Gasteiger partial charge is 0.241 e. The third-order valence-electron chi connectivity index (χ3n) is 5.25. The lowest BCUT2D eigenvalue weighted by Gasteiger charge is -2.15. The molecule has 0 spiro atoms. The lowest BCUT2D eigenvalue weighted by atomic mass is 10.00. The predicted molar refractivity (Wildman–Crippen MR) is 112 cm³/mol. The first kappa shape index (κ1) is 18.4. The first-order valence-corrected chi connectivity index (χ1v) is 9.87. The molecule has 0 saturated carbocycles. The molecule has 5 heteroatoms. The lowest BCUT2D eigenvalue weighted by molar-refractivity contribution is -0.121. The van der Waals surface area contributed by atoms with Crippen LogP contribution in [-0.2, 0) is 17.9 Å². The van der Waals surface area contributed by atoms with Gasteiger partial charge in [-0.15, -0.1) is 0 Å². The highest BCUT2D eigenvalue weighted by Gasteiger charge is 2.12. The van der Waals surface area contributed by atoms with E-state index in [1.165, 1.54) is 42.6 Å². The monoisotopic (exact) mass is 374 g/mol. The van der Waals surface area contributed by atoms with E-state index in [9.17, 15) is 4.79 Å². The molecule has 1 aliphatic rings. The molecule has 0 radical (unpaired) electrons. The molecular formula is C23H26N4O. The Hall–Kier alpha value is -2.92. The molecule has 0 bridgehead atoms. The van der Waals surface area contributed by atoms with Crippen LogP contribution in [0.5, 0.6) is 0 Å². The average Bonchev–Trinajstić information content (AvgIpc) is 3.40. The minimum absolute atomic E-state index is 0.0572. The van der Waals surface area contributed by atoms with Crippen molar-refractivity contribution in [2.75, 3.05) is 20.1 Å². The Balaban J connectivity index is 1.54. The standard InChI is InChI=1S/C23H26N4O/c1-24-23(28)17-27-13-10-22(25-27)21-9-5-8-20(15-21)19-7-4-6-18(14-19)16-26-11-2-3-12-26/h4-10,13-15H,2-3,11-12,16-17H2,1H3,(H,24,28). The highest BCUT2D eigenvalue weighted by molar-refractivity contribution is 5.75. The molecule has 28 heavy (non-hydrogen) atoms. The molecular weight excluding hydrogens is 348 g/mol. The van der Waals surface area contributed by atoms with Crippen LogP contribution in [0.3, 0.4) is 0 Å². The van der Waals surface area contributed by atoms with Crippen LogP contribution < -0.4 is 5.32 Å². The van der Waals surface area contributed by atoms with Gasteiger partial charge in [0.1, 0.15) is 6.54 Å². The maximum Gasteiger partial charge on any atom is 0.241 e. The van der Waals surface area contributed by atoms with Gasteiger partial charge in [0.05, 0.1) is 5.69 Å². The quantitative estimate of drug-likeness (QED) is 0.718. The van der Waals surface area contributed by atoms with Gasteiger partial charge in [-0.2, -0.15) is 5.10 Å². The van der Waals surface area contributed by atoms with E-state index in [0.717, 1.165) is 17.8 Å². The van der Waals surface area contributed by atoms with Crippen molar-refractivity contribution in [2.45, 2.75) is 25.9 Å². The third kappa shape index (κ3) is 4.31. The van der Waals surface area contributed by atoms with E-state index in [1.807, 2.05) is 12.3 Å². The summed E-state index contributed by atoms with van der Waals surface area (Å²) in [6.07, 6.45) is 4.47. The number of amides is 1. The summed E-state index contributed by atoms with van der Waals surface area (Å²) in [5.41, 5.74) is 5.70. The molecule has 1 N–H and O–H groups in total. The van der Waals surface area contributed by atoms with Crippen molar-refractivity contribution in [1.82, 2.24) is 20.0 Å². The van der Waals surface area contributed by atoms with Crippen molar-refractivity contribution in [3.8, 4) is 22.4 Å². The Morgan fingerprint density at radius 3 is 2.50 bits per heavy atom. The van der Waals surface area contributed by atoms with Crippen LogP contribution in [0.4, 0.5) is 0 Å². The number of hydrogen-bond acceptors (Lipinski definition) is 3. The second-order valence-electron chi connectivity index (χ2n) is 7.34. The molecule has 144 valence electrons. The zero-order valence-corrected chi connectivity index (χ0v) is 16.3. The maximum absolute atomic E-state index is 11.5. The number of likely N-dealkylation sites (N-methyl/N-ethyl adjacent to an activating group) is 1. The molecule has 1 amide bonds. The number of aromatic nitrogens is 2. The van der Waals surface area contributed by atoms with Crippen molar-refractivity contribution in [2.24, 2.45) is 0 Å². The van der Waals surface area contributed by atoms with Crippen molar-refractivity contribution >= 4 is 5.91 Å². The zero-order chi connectivity index (χ0) is 19.3. The van der Waals surface area contributed by atoms with E-state index in [4.69, 9.17) is 0 Å². The van der Waals surface area contributed by atoms with Crippen molar-refractivity contribution < 1.29 is 4.79 Å². The second kappa shape index (κ2) is 8.40. The van der Waals surface area contributed by atoms with Gasteiger partial charge in [-0.05, 0) is 60.8 Å². The van der Waals surface area contributed by atoms with Crippen molar-refractivity contribution in [3.05, 3.63) is 66.4 Å². The van der Waals surface area contributed by atoms with E-state index in [0.29, 0.717) is 0 Å². The number of carbonyl (C=O) groups is 1. The van der Waals surface area contributed by atoms with Gasteiger partial charge in [0, 0.05) is 25.4 Å². The largest absolute Gasteiger partial charge is 0.358 e. The molecule has 1 saturated heterocycles. The van der Waals surface area contributed by atoms with Gasteiger partial charge in [0.2, 0.25) is 5.91 Å². The van der Waals surface area contributed by atoms with E-state index >= 15 is 0 Å². The van der Waals surface area contributed by atoms with Crippen LogP contribution in [0.2, 0.25) is 0 Å². The summed E-state index contributed by atoms with van der Waals surface area (Å²) in [5, 5.41) is 7.16. The van der Waals surface area contributed by atoms with Gasteiger partial charge >= 0.3 is 0 Å². The van der Waals surface area contributed by atoms with Crippen LogP contribution in [0.1, 0.15) is 18.4 Å². The minimum atomic E-state index is -0.0572. The normalized spacial score (nSPS) is 14.3. The fourth-order valence-electron chi connectivity index (χ4n) is 3.74. The molecule has 0 unspecified atom stereocenters. The summed E-state index contributed by atoms with van der Waals surface area (Å²) in [6.45, 7) is 3.67. The Kier molecular flexibility index (Phi) is 5.53. The predicted octanol–water partition coefficient (Wildman–Crippen LogP) is 3.56. The number of benzene rings is 2. The molecule has 1 aromatic heterocycles. The minimum Gasteiger partial charge on any atom is -0.358 e. The molecule has 2 aromatic carbocycles. The van der Waals surface area contributed by atoms with Crippen molar-refractivity contribution in [3.63, 3.8) is 0 Å². The Morgan fingerprint density at radius 1 is 1.00 bits per heavy atom. The van der Waals surface area contributed by atoms with Gasteiger partial charge < -0.3 is 5.32 Å².